The molecule has 4 heteroatoms. The molecule has 3 rings (SSSR count). The van der Waals surface area contributed by atoms with E-state index in [4.69, 9.17) is 5.73 Å². The molecule has 2 aliphatic heterocycles. The molecule has 3 heterocycles. The SMILES string of the molecule is Nc1cnccc1NC1CCN2CCCCC12. The average molecular weight is 232 g/mol. The van der Waals surface area contributed by atoms with Crippen LogP contribution in [0.1, 0.15) is 25.7 Å². The molecule has 3 N–H and O–H groups in total. The maximum Gasteiger partial charge on any atom is 0.0736 e. The van der Waals surface area contributed by atoms with Crippen LogP contribution in [-0.4, -0.2) is 35.1 Å². The number of nitrogens with two attached hydrogens (primary N) is 1. The normalized spacial score (nSPS) is 28.9. The van der Waals surface area contributed by atoms with E-state index >= 15 is 0 Å². The smallest absolute Gasteiger partial charge is 0.0736 e. The van der Waals surface area contributed by atoms with Gasteiger partial charge in [-0.15, -0.1) is 0 Å². The van der Waals surface area contributed by atoms with E-state index < -0.39 is 0 Å². The lowest BCUT2D eigenvalue weighted by atomic mass is 9.99. The summed E-state index contributed by atoms with van der Waals surface area (Å²) < 4.78 is 0. The Hall–Kier alpha value is -1.29. The van der Waals surface area contributed by atoms with Crippen LogP contribution in [0.2, 0.25) is 0 Å². The second-order valence-electron chi connectivity index (χ2n) is 5.10. The molecule has 1 aromatic heterocycles. The Bertz CT molecular complexity index is 393. The van der Waals surface area contributed by atoms with Gasteiger partial charge < -0.3 is 11.1 Å². The number of nitrogens with one attached hydrogen (secondary N) is 1. The maximum absolute atomic E-state index is 5.93. The summed E-state index contributed by atoms with van der Waals surface area (Å²) in [5, 5.41) is 3.60. The first kappa shape index (κ1) is 10.8. The van der Waals surface area contributed by atoms with Crippen LogP contribution in [0, 0.1) is 0 Å². The fraction of sp³-hybridized carbons (Fsp3) is 0.615. The highest BCUT2D eigenvalue weighted by Gasteiger charge is 2.35. The van der Waals surface area contributed by atoms with Crippen LogP contribution in [0.3, 0.4) is 0 Å². The number of piperidine rings is 1. The van der Waals surface area contributed by atoms with Gasteiger partial charge in [0.1, 0.15) is 0 Å². The Morgan fingerprint density at radius 2 is 2.24 bits per heavy atom. The number of hydrogen-bond acceptors (Lipinski definition) is 4. The van der Waals surface area contributed by atoms with Crippen molar-refractivity contribution in [2.75, 3.05) is 24.1 Å². The number of nitrogens with zero attached hydrogens (tertiary/aromatic N) is 2. The van der Waals surface area contributed by atoms with Crippen molar-refractivity contribution < 1.29 is 0 Å². The van der Waals surface area contributed by atoms with Crippen molar-refractivity contribution in [1.82, 2.24) is 9.88 Å². The molecule has 2 aliphatic rings. The van der Waals surface area contributed by atoms with Gasteiger partial charge in [-0.2, -0.15) is 0 Å². The molecule has 0 aromatic carbocycles. The summed E-state index contributed by atoms with van der Waals surface area (Å²) in [6, 6.07) is 3.23. The first-order valence-electron chi connectivity index (χ1n) is 6.54. The molecule has 2 fully saturated rings. The summed E-state index contributed by atoms with van der Waals surface area (Å²) in [5.41, 5.74) is 7.72. The Morgan fingerprint density at radius 1 is 1.29 bits per heavy atom. The molecule has 2 atom stereocenters. The summed E-state index contributed by atoms with van der Waals surface area (Å²) in [5.74, 6) is 0. The molecule has 92 valence electrons. The number of anilines is 2. The Morgan fingerprint density at radius 3 is 3.12 bits per heavy atom. The highest BCUT2D eigenvalue weighted by Crippen LogP contribution is 2.30. The van der Waals surface area contributed by atoms with Gasteiger partial charge in [0.25, 0.3) is 0 Å². The first-order chi connectivity index (χ1) is 8.34. The molecule has 2 unspecified atom stereocenters. The summed E-state index contributed by atoms with van der Waals surface area (Å²) in [6.45, 7) is 2.50. The molecular weight excluding hydrogens is 212 g/mol. The predicted octanol–water partition coefficient (Wildman–Crippen LogP) is 1.70. The molecule has 0 amide bonds. The zero-order chi connectivity index (χ0) is 11.7. The Kier molecular flexibility index (Phi) is 2.89. The standard InChI is InChI=1S/C13H20N4/c14-10-9-15-6-4-11(10)16-12-5-8-17-7-2-1-3-13(12)17/h4,6,9,12-13H,1-3,5,7-8,14H2,(H,15,16). The van der Waals surface area contributed by atoms with Crippen LogP contribution in [0.25, 0.3) is 0 Å². The second-order valence-corrected chi connectivity index (χ2v) is 5.10. The van der Waals surface area contributed by atoms with Crippen LogP contribution >= 0.6 is 0 Å². The number of hydrogen-bond donors (Lipinski definition) is 2. The van der Waals surface area contributed by atoms with E-state index in [2.05, 4.69) is 15.2 Å². The number of pyridine rings is 1. The first-order valence-corrected chi connectivity index (χ1v) is 6.54. The molecule has 0 aliphatic carbocycles. The highest BCUT2D eigenvalue weighted by atomic mass is 15.2. The van der Waals surface area contributed by atoms with Gasteiger partial charge in [0.15, 0.2) is 0 Å². The molecule has 0 spiro atoms. The van der Waals surface area contributed by atoms with E-state index in [-0.39, 0.29) is 0 Å². The fourth-order valence-corrected chi connectivity index (χ4v) is 3.15. The monoisotopic (exact) mass is 232 g/mol. The lowest BCUT2D eigenvalue weighted by Crippen LogP contribution is -2.41. The van der Waals surface area contributed by atoms with Crippen molar-refractivity contribution in [3.05, 3.63) is 18.5 Å². The molecule has 17 heavy (non-hydrogen) atoms. The minimum Gasteiger partial charge on any atom is -0.396 e. The summed E-state index contributed by atoms with van der Waals surface area (Å²) in [7, 11) is 0. The van der Waals surface area contributed by atoms with Crippen molar-refractivity contribution in [3.8, 4) is 0 Å². The minimum atomic E-state index is 0.556. The molecule has 0 radical (unpaired) electrons. The number of fused-ring (bicyclic) bond motifs is 1. The molecule has 0 bridgehead atoms. The summed E-state index contributed by atoms with van der Waals surface area (Å²) >= 11 is 0. The van der Waals surface area contributed by atoms with E-state index in [0.29, 0.717) is 12.1 Å². The summed E-state index contributed by atoms with van der Waals surface area (Å²) in [4.78, 5) is 6.65. The largest absolute Gasteiger partial charge is 0.396 e. The summed E-state index contributed by atoms with van der Waals surface area (Å²) in [6.07, 6.45) is 8.79. The van der Waals surface area contributed by atoms with Gasteiger partial charge >= 0.3 is 0 Å². The van der Waals surface area contributed by atoms with Crippen LogP contribution in [0.5, 0.6) is 0 Å². The zero-order valence-electron chi connectivity index (χ0n) is 10.1. The number of aromatic nitrogens is 1. The number of rotatable bonds is 2. The number of nitrogen functional groups attached to an aromatic ring is 1. The molecular formula is C13H20N4. The van der Waals surface area contributed by atoms with Gasteiger partial charge in [-0.05, 0) is 31.9 Å². The van der Waals surface area contributed by atoms with Gasteiger partial charge in [-0.25, -0.2) is 0 Å². The zero-order valence-corrected chi connectivity index (χ0v) is 10.1. The minimum absolute atomic E-state index is 0.556. The van der Waals surface area contributed by atoms with Crippen LogP contribution in [-0.2, 0) is 0 Å². The average Bonchev–Trinajstić information content (AvgIpc) is 2.76. The van der Waals surface area contributed by atoms with Crippen molar-refractivity contribution in [2.45, 2.75) is 37.8 Å². The topological polar surface area (TPSA) is 54.2 Å². The quantitative estimate of drug-likeness (QED) is 0.815. The van der Waals surface area contributed by atoms with E-state index in [1.54, 1.807) is 12.4 Å². The second kappa shape index (κ2) is 4.53. The van der Waals surface area contributed by atoms with Gasteiger partial charge in [-0.1, -0.05) is 6.42 Å². The molecule has 2 saturated heterocycles. The van der Waals surface area contributed by atoms with E-state index in [1.807, 2.05) is 6.07 Å². The van der Waals surface area contributed by atoms with Crippen molar-refractivity contribution >= 4 is 11.4 Å². The Balaban J connectivity index is 1.71. The van der Waals surface area contributed by atoms with Gasteiger partial charge in [0, 0.05) is 24.8 Å². The molecule has 0 saturated carbocycles. The van der Waals surface area contributed by atoms with Crippen molar-refractivity contribution in [1.29, 1.82) is 0 Å². The molecule has 1 aromatic rings. The van der Waals surface area contributed by atoms with E-state index in [0.717, 1.165) is 11.4 Å². The van der Waals surface area contributed by atoms with Gasteiger partial charge in [-0.3, -0.25) is 9.88 Å². The van der Waals surface area contributed by atoms with Crippen molar-refractivity contribution in [3.63, 3.8) is 0 Å². The van der Waals surface area contributed by atoms with Crippen molar-refractivity contribution in [2.24, 2.45) is 0 Å². The Labute approximate surface area is 102 Å². The van der Waals surface area contributed by atoms with E-state index in [1.165, 1.54) is 38.8 Å². The van der Waals surface area contributed by atoms with E-state index in [9.17, 15) is 0 Å². The lowest BCUT2D eigenvalue weighted by molar-refractivity contribution is 0.193. The van der Waals surface area contributed by atoms with Gasteiger partial charge in [0.05, 0.1) is 17.6 Å². The van der Waals surface area contributed by atoms with Crippen LogP contribution in [0.15, 0.2) is 18.5 Å². The van der Waals surface area contributed by atoms with Crippen LogP contribution < -0.4 is 11.1 Å². The third-order valence-corrected chi connectivity index (χ3v) is 4.05. The predicted molar refractivity (Wildman–Crippen MR) is 69.9 cm³/mol. The third-order valence-electron chi connectivity index (χ3n) is 4.05. The lowest BCUT2D eigenvalue weighted by Gasteiger charge is -2.33. The third kappa shape index (κ3) is 2.09. The fourth-order valence-electron chi connectivity index (χ4n) is 3.15. The molecule has 4 nitrogen and oxygen atoms in total. The highest BCUT2D eigenvalue weighted by molar-refractivity contribution is 5.64. The maximum atomic E-state index is 5.93. The van der Waals surface area contributed by atoms with Crippen LogP contribution in [0.4, 0.5) is 11.4 Å². The van der Waals surface area contributed by atoms with Gasteiger partial charge in [0.2, 0.25) is 0 Å².